The molecule has 1 aliphatic rings. The molecule has 3 atom stereocenters. The van der Waals surface area contributed by atoms with Crippen molar-refractivity contribution >= 4 is 13.4 Å². The van der Waals surface area contributed by atoms with Gasteiger partial charge in [0.2, 0.25) is 0 Å². The summed E-state index contributed by atoms with van der Waals surface area (Å²) in [5.74, 6) is 0.110. The Morgan fingerprint density at radius 3 is 2.80 bits per heavy atom. The van der Waals surface area contributed by atoms with Crippen molar-refractivity contribution in [3.8, 4) is 0 Å². The zero-order valence-corrected chi connectivity index (χ0v) is 11.4. The van der Waals surface area contributed by atoms with Gasteiger partial charge in [-0.05, 0) is 18.9 Å². The molecule has 112 valence electrons. The summed E-state index contributed by atoms with van der Waals surface area (Å²) in [6.45, 7) is 0. The Morgan fingerprint density at radius 2 is 2.20 bits per heavy atom. The first-order valence-corrected chi connectivity index (χ1v) is 7.75. The van der Waals surface area contributed by atoms with Gasteiger partial charge in [0.15, 0.2) is 0 Å². The molecule has 5 N–H and O–H groups in total. The highest BCUT2D eigenvalue weighted by Crippen LogP contribution is 2.38. The minimum absolute atomic E-state index is 0.110. The van der Waals surface area contributed by atoms with Crippen LogP contribution in [0, 0.1) is 0 Å². The van der Waals surface area contributed by atoms with E-state index in [9.17, 15) is 14.5 Å². The maximum absolute atomic E-state index is 11.7. The number of nitrogen functional groups attached to an aromatic ring is 1. The van der Waals surface area contributed by atoms with Crippen molar-refractivity contribution < 1.29 is 24.2 Å². The Hall–Kier alpha value is -1.25. The number of hydrogen-bond acceptors (Lipinski definition) is 6. The van der Waals surface area contributed by atoms with Gasteiger partial charge >= 0.3 is 13.3 Å². The van der Waals surface area contributed by atoms with E-state index in [1.165, 1.54) is 16.8 Å². The number of aliphatic hydroxyl groups excluding tert-OH is 1. The van der Waals surface area contributed by atoms with Gasteiger partial charge in [0, 0.05) is 12.2 Å². The lowest BCUT2D eigenvalue weighted by atomic mass is 10.2. The fourth-order valence-electron chi connectivity index (χ4n) is 2.25. The molecule has 0 spiro atoms. The third-order valence-corrected chi connectivity index (χ3v) is 3.63. The third kappa shape index (κ3) is 3.65. The van der Waals surface area contributed by atoms with Crippen LogP contribution in [0.3, 0.4) is 0 Å². The fourth-order valence-corrected chi connectivity index (χ4v) is 2.64. The molecule has 1 heterocycles. The molecule has 2 rings (SSSR count). The highest BCUT2D eigenvalue weighted by Gasteiger charge is 2.36. The van der Waals surface area contributed by atoms with Gasteiger partial charge in [0.1, 0.15) is 12.2 Å². The van der Waals surface area contributed by atoms with Crippen molar-refractivity contribution in [3.05, 3.63) is 22.7 Å². The van der Waals surface area contributed by atoms with Crippen LogP contribution in [-0.4, -0.2) is 43.0 Å². The molecule has 10 heteroatoms. The Balaban J connectivity index is 2.06. The zero-order chi connectivity index (χ0) is 14.9. The minimum Gasteiger partial charge on any atom is -0.390 e. The number of ether oxygens (including phenoxy) is 1. The average Bonchev–Trinajstić information content (AvgIpc) is 2.67. The Bertz CT molecular complexity index is 585. The van der Waals surface area contributed by atoms with Crippen molar-refractivity contribution in [1.29, 1.82) is 0 Å². The first-order chi connectivity index (χ1) is 9.26. The van der Waals surface area contributed by atoms with Crippen molar-refractivity contribution in [2.24, 2.45) is 0 Å². The van der Waals surface area contributed by atoms with Crippen LogP contribution in [0.2, 0.25) is 0 Å². The van der Waals surface area contributed by atoms with E-state index < -0.39 is 31.8 Å². The van der Waals surface area contributed by atoms with E-state index in [-0.39, 0.29) is 24.7 Å². The van der Waals surface area contributed by atoms with Gasteiger partial charge < -0.3 is 25.4 Å². The van der Waals surface area contributed by atoms with Gasteiger partial charge in [0.05, 0.1) is 12.2 Å². The second-order valence-corrected chi connectivity index (χ2v) is 6.32. The highest BCUT2D eigenvalue weighted by molar-refractivity contribution is 7.51. The van der Waals surface area contributed by atoms with Crippen LogP contribution in [0.15, 0.2) is 17.1 Å². The lowest BCUT2D eigenvalue weighted by Crippen LogP contribution is -2.26. The third-order valence-electron chi connectivity index (χ3n) is 3.15. The Kier molecular flexibility index (Phi) is 4.26. The zero-order valence-electron chi connectivity index (χ0n) is 10.5. The molecule has 0 bridgehead atoms. The molecule has 0 aliphatic heterocycles. The molecular weight excluding hydrogens is 289 g/mol. The van der Waals surface area contributed by atoms with Crippen LogP contribution in [0.25, 0.3) is 0 Å². The van der Waals surface area contributed by atoms with Crippen LogP contribution in [0.1, 0.15) is 18.9 Å². The predicted molar refractivity (Wildman–Crippen MR) is 69.0 cm³/mol. The molecule has 0 radical (unpaired) electrons. The molecule has 1 saturated carbocycles. The molecule has 20 heavy (non-hydrogen) atoms. The summed E-state index contributed by atoms with van der Waals surface area (Å²) >= 11 is 0. The smallest absolute Gasteiger partial charge is 0.350 e. The molecule has 0 unspecified atom stereocenters. The molecule has 1 aromatic rings. The summed E-state index contributed by atoms with van der Waals surface area (Å²) in [5.41, 5.74) is 4.86. The van der Waals surface area contributed by atoms with Crippen LogP contribution < -0.4 is 11.4 Å². The van der Waals surface area contributed by atoms with E-state index in [4.69, 9.17) is 20.3 Å². The lowest BCUT2D eigenvalue weighted by molar-refractivity contribution is -0.00426. The minimum atomic E-state index is -4.28. The monoisotopic (exact) mass is 305 g/mol. The van der Waals surface area contributed by atoms with Gasteiger partial charge in [-0.15, -0.1) is 0 Å². The number of aromatic nitrogens is 2. The topological polar surface area (TPSA) is 148 Å². The molecule has 1 aliphatic carbocycles. The van der Waals surface area contributed by atoms with Crippen molar-refractivity contribution in [2.75, 3.05) is 12.1 Å². The van der Waals surface area contributed by atoms with Gasteiger partial charge in [-0.2, -0.15) is 4.98 Å². The number of nitrogens with two attached hydrogens (primary N) is 1. The first-order valence-electron chi connectivity index (χ1n) is 5.95. The van der Waals surface area contributed by atoms with E-state index in [1.54, 1.807) is 0 Å². The SMILES string of the molecule is Nc1ccn([C@@H]2C[C@H](OCP(=O)(O)O)[C@@H](O)C2)c(=O)n1. The van der Waals surface area contributed by atoms with E-state index in [0.717, 1.165) is 0 Å². The van der Waals surface area contributed by atoms with Gasteiger partial charge in [-0.1, -0.05) is 0 Å². The summed E-state index contributed by atoms with van der Waals surface area (Å²) in [7, 11) is -4.28. The summed E-state index contributed by atoms with van der Waals surface area (Å²) in [6, 6.07) is 1.13. The maximum atomic E-state index is 11.7. The van der Waals surface area contributed by atoms with Gasteiger partial charge in [-0.3, -0.25) is 9.13 Å². The maximum Gasteiger partial charge on any atom is 0.350 e. The van der Waals surface area contributed by atoms with Crippen LogP contribution >= 0.6 is 7.60 Å². The number of anilines is 1. The number of nitrogens with zero attached hydrogens (tertiary/aromatic N) is 2. The molecule has 0 amide bonds. The summed E-state index contributed by atoms with van der Waals surface area (Å²) in [4.78, 5) is 32.8. The molecule has 1 aromatic heterocycles. The normalized spacial score (nSPS) is 26.9. The van der Waals surface area contributed by atoms with E-state index in [0.29, 0.717) is 0 Å². The van der Waals surface area contributed by atoms with Gasteiger partial charge in [0.25, 0.3) is 0 Å². The molecular formula is C10H16N3O6P. The summed E-state index contributed by atoms with van der Waals surface area (Å²) in [6.07, 6.45) is -0.374. The van der Waals surface area contributed by atoms with Crippen LogP contribution in [0.4, 0.5) is 5.82 Å². The Morgan fingerprint density at radius 1 is 1.50 bits per heavy atom. The fraction of sp³-hybridized carbons (Fsp3) is 0.600. The largest absolute Gasteiger partial charge is 0.390 e. The highest BCUT2D eigenvalue weighted by atomic mass is 31.2. The summed E-state index contributed by atoms with van der Waals surface area (Å²) in [5, 5.41) is 9.82. The molecule has 0 aromatic carbocycles. The van der Waals surface area contributed by atoms with E-state index in [2.05, 4.69) is 4.98 Å². The number of rotatable bonds is 4. The van der Waals surface area contributed by atoms with Crippen LogP contribution in [0.5, 0.6) is 0 Å². The van der Waals surface area contributed by atoms with Crippen LogP contribution in [-0.2, 0) is 9.30 Å². The van der Waals surface area contributed by atoms with E-state index >= 15 is 0 Å². The van der Waals surface area contributed by atoms with Gasteiger partial charge in [-0.25, -0.2) is 4.79 Å². The van der Waals surface area contributed by atoms with Crippen molar-refractivity contribution in [3.63, 3.8) is 0 Å². The number of aliphatic hydroxyl groups is 1. The number of hydrogen-bond donors (Lipinski definition) is 4. The first kappa shape index (κ1) is 15.1. The summed E-state index contributed by atoms with van der Waals surface area (Å²) < 4.78 is 17.1. The Labute approximate surface area is 114 Å². The average molecular weight is 305 g/mol. The lowest BCUT2D eigenvalue weighted by Gasteiger charge is -2.16. The standard InChI is InChI=1S/C10H16N3O6P/c11-9-1-2-13(10(15)12-9)6-3-7(14)8(4-6)19-5-20(16,17)18/h1-2,6-8,14H,3-5H2,(H2,11,12,15)(H2,16,17,18)/t6-,7-,8-/m0/s1. The quantitative estimate of drug-likeness (QED) is 0.520. The second-order valence-electron chi connectivity index (χ2n) is 4.73. The molecule has 9 nitrogen and oxygen atoms in total. The molecule has 1 fully saturated rings. The van der Waals surface area contributed by atoms with Crippen molar-refractivity contribution in [1.82, 2.24) is 9.55 Å². The second kappa shape index (κ2) is 5.63. The predicted octanol–water partition coefficient (Wildman–Crippen LogP) is -0.958. The van der Waals surface area contributed by atoms with Crippen molar-refractivity contribution in [2.45, 2.75) is 31.1 Å². The van der Waals surface area contributed by atoms with E-state index in [1.807, 2.05) is 0 Å². The molecule has 0 saturated heterocycles.